The second-order valence-corrected chi connectivity index (χ2v) is 5.55. The first kappa shape index (κ1) is 19.1. The topological polar surface area (TPSA) is 18.5 Å². The van der Waals surface area contributed by atoms with Crippen molar-refractivity contribution in [3.63, 3.8) is 0 Å². The van der Waals surface area contributed by atoms with E-state index in [0.29, 0.717) is 12.3 Å². The van der Waals surface area contributed by atoms with Crippen LogP contribution in [0.2, 0.25) is 0 Å². The number of halogens is 1. The summed E-state index contributed by atoms with van der Waals surface area (Å²) in [6.45, 7) is 2.97. The molecule has 0 radical (unpaired) electrons. The molecule has 0 bridgehead atoms. The summed E-state index contributed by atoms with van der Waals surface area (Å²) in [7, 11) is 0. The lowest BCUT2D eigenvalue weighted by atomic mass is 10.2. The molecule has 2 atom stereocenters. The van der Waals surface area contributed by atoms with Gasteiger partial charge in [-0.15, -0.1) is 17.5 Å². The molecule has 0 amide bonds. The van der Waals surface area contributed by atoms with Crippen LogP contribution >= 0.6 is 11.6 Å². The summed E-state index contributed by atoms with van der Waals surface area (Å²) in [5, 5.41) is 0. The van der Waals surface area contributed by atoms with Gasteiger partial charge >= 0.3 is 0 Å². The molecule has 0 aromatic carbocycles. The Morgan fingerprint density at radius 1 is 1.27 bits per heavy atom. The van der Waals surface area contributed by atoms with Crippen LogP contribution in [0.1, 0.15) is 58.3 Å². The average Bonchev–Trinajstić information content (AvgIpc) is 2.55. The monoisotopic (exact) mass is 322 g/mol. The predicted molar refractivity (Wildman–Crippen MR) is 92.6 cm³/mol. The van der Waals surface area contributed by atoms with Crippen molar-refractivity contribution in [1.29, 1.82) is 0 Å². The highest BCUT2D eigenvalue weighted by Gasteiger charge is 2.16. The molecule has 0 N–H and O–H groups in total. The van der Waals surface area contributed by atoms with Crippen LogP contribution in [0.25, 0.3) is 0 Å². The Balaban J connectivity index is 2.37. The molecule has 122 valence electrons. The van der Waals surface area contributed by atoms with E-state index in [4.69, 9.17) is 21.1 Å². The summed E-state index contributed by atoms with van der Waals surface area (Å²) in [6.07, 6.45) is 11.8. The number of rotatable bonds is 7. The highest BCUT2D eigenvalue weighted by Crippen LogP contribution is 2.15. The smallest absolute Gasteiger partial charge is 0.159 e. The standard InChI is InChI=1S/C19H27ClO2/c1-2-3-4-5-6-7-8-9-13-18(14-12-16-20)22-19-15-10-11-17-21-19/h12,14,18-19H,2-5,8,10-11,15-17H2,1H3/b14-12+. The maximum Gasteiger partial charge on any atom is 0.159 e. The van der Waals surface area contributed by atoms with Gasteiger partial charge in [0.1, 0.15) is 6.10 Å². The number of hydrogen-bond acceptors (Lipinski definition) is 2. The SMILES string of the molecule is CCCCCC#CCC#CC(/C=C/CCl)OC1CCCCO1. The Labute approximate surface area is 140 Å². The third-order valence-corrected chi connectivity index (χ3v) is 3.47. The van der Waals surface area contributed by atoms with Crippen LogP contribution in [0.5, 0.6) is 0 Å². The van der Waals surface area contributed by atoms with Gasteiger partial charge in [0, 0.05) is 18.9 Å². The Hall–Kier alpha value is -0.930. The number of alkyl halides is 1. The van der Waals surface area contributed by atoms with Gasteiger partial charge in [-0.3, -0.25) is 0 Å². The summed E-state index contributed by atoms with van der Waals surface area (Å²) in [4.78, 5) is 0. The van der Waals surface area contributed by atoms with E-state index in [2.05, 4.69) is 30.6 Å². The van der Waals surface area contributed by atoms with Crippen molar-refractivity contribution in [2.24, 2.45) is 0 Å². The van der Waals surface area contributed by atoms with Crippen LogP contribution in [0.3, 0.4) is 0 Å². The molecule has 0 aromatic heterocycles. The van der Waals surface area contributed by atoms with Crippen molar-refractivity contribution < 1.29 is 9.47 Å². The van der Waals surface area contributed by atoms with E-state index in [0.717, 1.165) is 32.3 Å². The quantitative estimate of drug-likeness (QED) is 0.293. The Morgan fingerprint density at radius 3 is 2.91 bits per heavy atom. The van der Waals surface area contributed by atoms with Crippen molar-refractivity contribution in [3.8, 4) is 23.7 Å². The minimum Gasteiger partial charge on any atom is -0.353 e. The third-order valence-electron chi connectivity index (χ3n) is 3.29. The molecule has 22 heavy (non-hydrogen) atoms. The first-order valence-corrected chi connectivity index (χ1v) is 8.84. The van der Waals surface area contributed by atoms with E-state index in [1.54, 1.807) is 0 Å². The molecule has 0 spiro atoms. The van der Waals surface area contributed by atoms with Crippen LogP contribution in [0.4, 0.5) is 0 Å². The summed E-state index contributed by atoms with van der Waals surface area (Å²) >= 11 is 5.69. The van der Waals surface area contributed by atoms with Gasteiger partial charge in [-0.1, -0.05) is 43.6 Å². The fraction of sp³-hybridized carbons (Fsp3) is 0.684. The summed E-state index contributed by atoms with van der Waals surface area (Å²) < 4.78 is 11.4. The fourth-order valence-corrected chi connectivity index (χ4v) is 2.20. The van der Waals surface area contributed by atoms with Crippen LogP contribution in [0, 0.1) is 23.7 Å². The molecule has 1 fully saturated rings. The minimum atomic E-state index is -0.260. The predicted octanol–water partition coefficient (Wildman–Crippen LogP) is 4.67. The third kappa shape index (κ3) is 9.91. The lowest BCUT2D eigenvalue weighted by Crippen LogP contribution is -2.26. The Morgan fingerprint density at radius 2 is 2.18 bits per heavy atom. The van der Waals surface area contributed by atoms with Crippen molar-refractivity contribution in [2.75, 3.05) is 12.5 Å². The van der Waals surface area contributed by atoms with E-state index in [1.165, 1.54) is 19.3 Å². The molecule has 1 saturated heterocycles. The summed E-state index contributed by atoms with van der Waals surface area (Å²) in [6, 6.07) is 0. The molecule has 1 aliphatic heterocycles. The van der Waals surface area contributed by atoms with E-state index in [9.17, 15) is 0 Å². The van der Waals surface area contributed by atoms with Crippen LogP contribution in [-0.4, -0.2) is 24.9 Å². The van der Waals surface area contributed by atoms with Gasteiger partial charge in [0.25, 0.3) is 0 Å². The van der Waals surface area contributed by atoms with Crippen molar-refractivity contribution in [2.45, 2.75) is 70.7 Å². The molecule has 1 aliphatic rings. The maximum absolute atomic E-state index is 5.86. The fourth-order valence-electron chi connectivity index (χ4n) is 2.09. The van der Waals surface area contributed by atoms with Gasteiger partial charge in [0.15, 0.2) is 6.29 Å². The normalized spacial score (nSPS) is 19.1. The van der Waals surface area contributed by atoms with Gasteiger partial charge < -0.3 is 9.47 Å². The largest absolute Gasteiger partial charge is 0.353 e. The zero-order chi connectivity index (χ0) is 15.9. The second kappa shape index (κ2) is 13.7. The molecule has 0 aliphatic carbocycles. The van der Waals surface area contributed by atoms with E-state index < -0.39 is 0 Å². The molecule has 2 nitrogen and oxygen atoms in total. The molecular weight excluding hydrogens is 296 g/mol. The first-order chi connectivity index (χ1) is 10.9. The lowest BCUT2D eigenvalue weighted by molar-refractivity contribution is -0.168. The molecule has 0 saturated carbocycles. The van der Waals surface area contributed by atoms with Crippen LogP contribution < -0.4 is 0 Å². The van der Waals surface area contributed by atoms with Gasteiger partial charge in [0.2, 0.25) is 0 Å². The van der Waals surface area contributed by atoms with Crippen molar-refractivity contribution in [1.82, 2.24) is 0 Å². The number of ether oxygens (including phenoxy) is 2. The van der Waals surface area contributed by atoms with Gasteiger partial charge in [-0.2, -0.15) is 0 Å². The Kier molecular flexibility index (Phi) is 11.9. The zero-order valence-electron chi connectivity index (χ0n) is 13.6. The van der Waals surface area contributed by atoms with E-state index in [1.807, 2.05) is 12.2 Å². The molecule has 0 aromatic rings. The molecule has 2 unspecified atom stereocenters. The zero-order valence-corrected chi connectivity index (χ0v) is 14.3. The minimum absolute atomic E-state index is 0.145. The van der Waals surface area contributed by atoms with Crippen LogP contribution in [-0.2, 0) is 9.47 Å². The van der Waals surface area contributed by atoms with Gasteiger partial charge in [-0.05, 0) is 31.8 Å². The number of hydrogen-bond donors (Lipinski definition) is 0. The van der Waals surface area contributed by atoms with E-state index >= 15 is 0 Å². The molecule has 1 rings (SSSR count). The summed E-state index contributed by atoms with van der Waals surface area (Å²) in [5.74, 6) is 12.9. The Bertz CT molecular complexity index is 416. The van der Waals surface area contributed by atoms with Crippen molar-refractivity contribution in [3.05, 3.63) is 12.2 Å². The highest BCUT2D eigenvalue weighted by molar-refractivity contribution is 6.18. The number of unbranched alkanes of at least 4 members (excludes halogenated alkanes) is 3. The molecule has 3 heteroatoms. The van der Waals surface area contributed by atoms with E-state index in [-0.39, 0.29) is 12.4 Å². The second-order valence-electron chi connectivity index (χ2n) is 5.24. The molecule has 1 heterocycles. The maximum atomic E-state index is 5.86. The van der Waals surface area contributed by atoms with Crippen LogP contribution in [0.15, 0.2) is 12.2 Å². The average molecular weight is 323 g/mol. The summed E-state index contributed by atoms with van der Waals surface area (Å²) in [5.41, 5.74) is 0. The molecular formula is C19H27ClO2. The van der Waals surface area contributed by atoms with Gasteiger partial charge in [-0.25, -0.2) is 0 Å². The number of allylic oxidation sites excluding steroid dienone is 1. The first-order valence-electron chi connectivity index (χ1n) is 8.30. The lowest BCUT2D eigenvalue weighted by Gasteiger charge is -2.24. The van der Waals surface area contributed by atoms with Crippen molar-refractivity contribution >= 4 is 11.6 Å². The van der Waals surface area contributed by atoms with Gasteiger partial charge in [0.05, 0.1) is 6.42 Å². The highest BCUT2D eigenvalue weighted by atomic mass is 35.5.